The lowest BCUT2D eigenvalue weighted by Crippen LogP contribution is -2.40. The highest BCUT2D eigenvalue weighted by atomic mass is 32.1. The van der Waals surface area contributed by atoms with Gasteiger partial charge in [-0.2, -0.15) is 0 Å². The second-order valence-corrected chi connectivity index (χ2v) is 7.24. The van der Waals surface area contributed by atoms with Gasteiger partial charge in [-0.15, -0.1) is 11.3 Å². The summed E-state index contributed by atoms with van der Waals surface area (Å²) in [4.78, 5) is 7.35. The van der Waals surface area contributed by atoms with Crippen molar-refractivity contribution >= 4 is 11.3 Å². The normalized spacial score (nSPS) is 25.4. The van der Waals surface area contributed by atoms with E-state index in [2.05, 4.69) is 22.5 Å². The lowest BCUT2D eigenvalue weighted by atomic mass is 9.88. The van der Waals surface area contributed by atoms with Crippen LogP contribution in [0.2, 0.25) is 0 Å². The van der Waals surface area contributed by atoms with Crippen molar-refractivity contribution in [3.8, 4) is 0 Å². The molecule has 2 aliphatic heterocycles. The summed E-state index contributed by atoms with van der Waals surface area (Å²) >= 11 is 1.84. The second kappa shape index (κ2) is 7.01. The van der Waals surface area contributed by atoms with E-state index in [9.17, 15) is 0 Å². The lowest BCUT2D eigenvalue weighted by Gasteiger charge is -2.34. The Morgan fingerprint density at radius 1 is 1.35 bits per heavy atom. The molecule has 0 aromatic carbocycles. The van der Waals surface area contributed by atoms with Gasteiger partial charge in [0.2, 0.25) is 0 Å². The van der Waals surface area contributed by atoms with E-state index >= 15 is 0 Å². The van der Waals surface area contributed by atoms with Gasteiger partial charge in [0.1, 0.15) is 5.01 Å². The molecule has 3 rings (SSSR count). The molecule has 3 nitrogen and oxygen atoms in total. The van der Waals surface area contributed by atoms with E-state index in [1.165, 1.54) is 62.4 Å². The molecule has 0 bridgehead atoms. The fourth-order valence-electron chi connectivity index (χ4n) is 3.61. The number of piperidine rings is 1. The first-order valence-electron chi connectivity index (χ1n) is 8.24. The average Bonchev–Trinajstić information content (AvgIpc) is 3.12. The van der Waals surface area contributed by atoms with Crippen LogP contribution in [0.4, 0.5) is 0 Å². The van der Waals surface area contributed by atoms with Crippen molar-refractivity contribution in [1.29, 1.82) is 0 Å². The van der Waals surface area contributed by atoms with Crippen LogP contribution in [-0.2, 0) is 13.0 Å². The number of nitrogens with one attached hydrogen (secondary N) is 1. The maximum absolute atomic E-state index is 4.76. The molecular formula is C16H27N3S. The van der Waals surface area contributed by atoms with Crippen molar-refractivity contribution in [2.24, 2.45) is 5.92 Å². The topological polar surface area (TPSA) is 28.2 Å². The Morgan fingerprint density at radius 2 is 2.20 bits per heavy atom. The summed E-state index contributed by atoms with van der Waals surface area (Å²) in [6.45, 7) is 7.04. The maximum atomic E-state index is 4.76. The average molecular weight is 293 g/mol. The Hall–Kier alpha value is -0.450. The molecule has 1 N–H and O–H groups in total. The summed E-state index contributed by atoms with van der Waals surface area (Å²) in [7, 11) is 0. The maximum Gasteiger partial charge on any atom is 0.107 e. The molecular weight excluding hydrogens is 266 g/mol. The van der Waals surface area contributed by atoms with E-state index in [1.54, 1.807) is 0 Å². The van der Waals surface area contributed by atoms with Crippen molar-refractivity contribution in [1.82, 2.24) is 15.2 Å². The number of nitrogens with zero attached hydrogens (tertiary/aromatic N) is 2. The number of aryl methyl sites for hydroxylation is 1. The third-order valence-electron chi connectivity index (χ3n) is 4.76. The van der Waals surface area contributed by atoms with E-state index in [-0.39, 0.29) is 0 Å². The van der Waals surface area contributed by atoms with Crippen LogP contribution in [0.3, 0.4) is 0 Å². The number of aromatic nitrogens is 1. The van der Waals surface area contributed by atoms with Gasteiger partial charge in [0.05, 0.1) is 12.2 Å². The van der Waals surface area contributed by atoms with E-state index in [0.717, 1.165) is 24.9 Å². The molecule has 1 aromatic rings. The van der Waals surface area contributed by atoms with Crippen molar-refractivity contribution in [3.05, 3.63) is 16.1 Å². The summed E-state index contributed by atoms with van der Waals surface area (Å²) in [5.41, 5.74) is 1.29. The Morgan fingerprint density at radius 3 is 2.90 bits per heavy atom. The molecule has 0 spiro atoms. The summed E-state index contributed by atoms with van der Waals surface area (Å²) in [6, 6.07) is 0.813. The van der Waals surface area contributed by atoms with E-state index in [4.69, 9.17) is 4.98 Å². The number of hydrogen-bond acceptors (Lipinski definition) is 4. The molecule has 0 saturated carbocycles. The molecule has 2 fully saturated rings. The second-order valence-electron chi connectivity index (χ2n) is 6.30. The Bertz CT molecular complexity index is 404. The van der Waals surface area contributed by atoms with E-state index in [1.807, 2.05) is 11.3 Å². The minimum absolute atomic E-state index is 0.813. The highest BCUT2D eigenvalue weighted by molar-refractivity contribution is 7.09. The first-order valence-corrected chi connectivity index (χ1v) is 9.12. The first kappa shape index (κ1) is 14.5. The highest BCUT2D eigenvalue weighted by Crippen LogP contribution is 2.26. The zero-order chi connectivity index (χ0) is 13.8. The van der Waals surface area contributed by atoms with E-state index < -0.39 is 0 Å². The summed E-state index contributed by atoms with van der Waals surface area (Å²) < 4.78 is 0. The molecule has 112 valence electrons. The number of thiazole rings is 1. The molecule has 0 aliphatic carbocycles. The van der Waals surface area contributed by atoms with Crippen LogP contribution in [0, 0.1) is 5.92 Å². The zero-order valence-electron chi connectivity index (χ0n) is 12.6. The monoisotopic (exact) mass is 293 g/mol. The van der Waals surface area contributed by atoms with Gasteiger partial charge < -0.3 is 5.32 Å². The fourth-order valence-corrected chi connectivity index (χ4v) is 4.48. The minimum atomic E-state index is 0.813. The predicted molar refractivity (Wildman–Crippen MR) is 85.1 cm³/mol. The largest absolute Gasteiger partial charge is 0.314 e. The molecule has 1 aromatic heterocycles. The van der Waals surface area contributed by atoms with E-state index in [0.29, 0.717) is 0 Å². The number of rotatable bonds is 5. The first-order chi connectivity index (χ1) is 9.85. The summed E-state index contributed by atoms with van der Waals surface area (Å²) in [5, 5.41) is 7.23. The lowest BCUT2D eigenvalue weighted by molar-refractivity contribution is 0.157. The van der Waals surface area contributed by atoms with Crippen LogP contribution < -0.4 is 5.32 Å². The van der Waals surface area contributed by atoms with Crippen molar-refractivity contribution in [3.63, 3.8) is 0 Å². The number of hydrogen-bond donors (Lipinski definition) is 1. The van der Waals surface area contributed by atoms with Gasteiger partial charge in [0, 0.05) is 11.4 Å². The molecule has 1 unspecified atom stereocenters. The summed E-state index contributed by atoms with van der Waals surface area (Å²) in [5.74, 6) is 0.917. The smallest absolute Gasteiger partial charge is 0.107 e. The van der Waals surface area contributed by atoms with Gasteiger partial charge in [-0.3, -0.25) is 4.90 Å². The van der Waals surface area contributed by atoms with Gasteiger partial charge in [0.15, 0.2) is 0 Å². The van der Waals surface area contributed by atoms with Gasteiger partial charge in [-0.1, -0.05) is 13.3 Å². The van der Waals surface area contributed by atoms with Gasteiger partial charge in [-0.05, 0) is 57.7 Å². The Kier molecular flexibility index (Phi) is 5.08. The van der Waals surface area contributed by atoms with Crippen LogP contribution in [0.1, 0.15) is 49.7 Å². The predicted octanol–water partition coefficient (Wildman–Crippen LogP) is 3.06. The third kappa shape index (κ3) is 3.60. The van der Waals surface area contributed by atoms with Crippen LogP contribution in [0.5, 0.6) is 0 Å². The van der Waals surface area contributed by atoms with Crippen LogP contribution in [-0.4, -0.2) is 35.6 Å². The van der Waals surface area contributed by atoms with Crippen molar-refractivity contribution in [2.75, 3.05) is 19.6 Å². The quantitative estimate of drug-likeness (QED) is 0.904. The molecule has 0 amide bonds. The summed E-state index contributed by atoms with van der Waals surface area (Å²) in [6.07, 6.45) is 7.84. The molecule has 4 heteroatoms. The third-order valence-corrected chi connectivity index (χ3v) is 5.65. The molecule has 20 heavy (non-hydrogen) atoms. The Labute approximate surface area is 126 Å². The highest BCUT2D eigenvalue weighted by Gasteiger charge is 2.28. The standard InChI is InChI=1S/C16H27N3S/c1-2-4-14-12-20-16(18-14)11-19-9-6-13(7-10-19)15-5-3-8-17-15/h12-13,15,17H,2-11H2,1H3. The molecule has 0 radical (unpaired) electrons. The minimum Gasteiger partial charge on any atom is -0.314 e. The number of likely N-dealkylation sites (tertiary alicyclic amines) is 1. The van der Waals surface area contributed by atoms with Gasteiger partial charge in [-0.25, -0.2) is 4.98 Å². The SMILES string of the molecule is CCCc1csc(CN2CCC(C3CCCN3)CC2)n1. The Balaban J connectivity index is 1.45. The van der Waals surface area contributed by atoms with Crippen molar-refractivity contribution < 1.29 is 0 Å². The molecule has 3 heterocycles. The van der Waals surface area contributed by atoms with Crippen LogP contribution >= 0.6 is 11.3 Å². The van der Waals surface area contributed by atoms with Crippen molar-refractivity contribution in [2.45, 2.75) is 58.0 Å². The zero-order valence-corrected chi connectivity index (χ0v) is 13.4. The molecule has 2 aliphatic rings. The molecule has 2 saturated heterocycles. The molecule has 1 atom stereocenters. The van der Waals surface area contributed by atoms with Crippen LogP contribution in [0.15, 0.2) is 5.38 Å². The fraction of sp³-hybridized carbons (Fsp3) is 0.812. The van der Waals surface area contributed by atoms with Gasteiger partial charge >= 0.3 is 0 Å². The van der Waals surface area contributed by atoms with Gasteiger partial charge in [0.25, 0.3) is 0 Å². The van der Waals surface area contributed by atoms with Crippen LogP contribution in [0.25, 0.3) is 0 Å².